The molecule has 1 fully saturated rings. The van der Waals surface area contributed by atoms with Gasteiger partial charge in [0.1, 0.15) is 0 Å². The van der Waals surface area contributed by atoms with Crippen LogP contribution in [-0.2, 0) is 4.79 Å². The molecular weight excluding hydrogens is 267 g/mol. The normalized spacial score (nSPS) is 23.2. The van der Waals surface area contributed by atoms with Crippen molar-refractivity contribution in [3.05, 3.63) is 0 Å². The van der Waals surface area contributed by atoms with Crippen molar-refractivity contribution in [3.8, 4) is 0 Å². The van der Waals surface area contributed by atoms with Crippen LogP contribution in [0.2, 0.25) is 0 Å². The molecule has 0 radical (unpaired) electrons. The number of nitrogens with zero attached hydrogens (tertiary/aromatic N) is 3. The summed E-state index contributed by atoms with van der Waals surface area (Å²) in [5.41, 5.74) is 0. The van der Waals surface area contributed by atoms with E-state index in [9.17, 15) is 18.0 Å². The number of amidine groups is 1. The zero-order valence-corrected chi connectivity index (χ0v) is 10.6. The van der Waals surface area contributed by atoms with E-state index in [0.717, 1.165) is 0 Å². The van der Waals surface area contributed by atoms with Gasteiger partial charge in [-0.05, 0) is 6.42 Å². The second kappa shape index (κ2) is 5.48. The maximum Gasteiger partial charge on any atom is 0.401 e. The Labute approximate surface area is 107 Å². The quantitative estimate of drug-likeness (QED) is 0.723. The molecule has 0 aliphatic carbocycles. The molecule has 0 aromatic rings. The van der Waals surface area contributed by atoms with Crippen molar-refractivity contribution in [1.29, 1.82) is 0 Å². The molecule has 2 heterocycles. The first kappa shape index (κ1) is 13.7. The molecule has 2 aliphatic heterocycles. The molecule has 0 aromatic heterocycles. The number of hydrogen-bond donors (Lipinski definition) is 0. The lowest BCUT2D eigenvalue weighted by Crippen LogP contribution is -2.37. The van der Waals surface area contributed by atoms with Gasteiger partial charge < -0.3 is 4.90 Å². The lowest BCUT2D eigenvalue weighted by Gasteiger charge is -2.23. The first-order valence-electron chi connectivity index (χ1n) is 5.72. The summed E-state index contributed by atoms with van der Waals surface area (Å²) in [6, 6.07) is 0. The molecule has 0 atom stereocenters. The molecule has 0 spiro atoms. The number of thioether (sulfide) groups is 1. The van der Waals surface area contributed by atoms with Gasteiger partial charge in [0.05, 0.1) is 12.3 Å². The first-order chi connectivity index (χ1) is 8.44. The second-order valence-corrected chi connectivity index (χ2v) is 5.25. The third-order valence-corrected chi connectivity index (χ3v) is 3.81. The Hall–Kier alpha value is -0.760. The van der Waals surface area contributed by atoms with Gasteiger partial charge in [-0.25, -0.2) is 0 Å². The van der Waals surface area contributed by atoms with E-state index < -0.39 is 12.7 Å². The van der Waals surface area contributed by atoms with Crippen LogP contribution in [0, 0.1) is 0 Å². The van der Waals surface area contributed by atoms with Crippen molar-refractivity contribution < 1.29 is 18.0 Å². The van der Waals surface area contributed by atoms with Gasteiger partial charge in [-0.1, -0.05) is 11.8 Å². The van der Waals surface area contributed by atoms with Gasteiger partial charge in [0.15, 0.2) is 5.17 Å². The van der Waals surface area contributed by atoms with Gasteiger partial charge in [0, 0.05) is 26.2 Å². The van der Waals surface area contributed by atoms with Gasteiger partial charge in [-0.15, -0.1) is 0 Å². The van der Waals surface area contributed by atoms with Crippen LogP contribution in [0.25, 0.3) is 0 Å². The summed E-state index contributed by atoms with van der Waals surface area (Å²) in [5.74, 6) is 0.185. The van der Waals surface area contributed by atoms with E-state index in [1.54, 1.807) is 0 Å². The maximum absolute atomic E-state index is 12.3. The number of hydrogen-bond acceptors (Lipinski definition) is 4. The fourth-order valence-corrected chi connectivity index (χ4v) is 2.88. The Morgan fingerprint density at radius 3 is 2.61 bits per heavy atom. The van der Waals surface area contributed by atoms with Crippen LogP contribution in [0.4, 0.5) is 13.2 Å². The van der Waals surface area contributed by atoms with Gasteiger partial charge >= 0.3 is 6.18 Å². The predicted octanol–water partition coefficient (Wildman–Crippen LogP) is 1.19. The number of halogens is 3. The molecule has 1 saturated heterocycles. The number of alkyl halides is 3. The largest absolute Gasteiger partial charge is 0.401 e. The van der Waals surface area contributed by atoms with E-state index >= 15 is 0 Å². The van der Waals surface area contributed by atoms with E-state index in [0.29, 0.717) is 43.5 Å². The summed E-state index contributed by atoms with van der Waals surface area (Å²) >= 11 is 1.37. The lowest BCUT2D eigenvalue weighted by atomic mass is 10.4. The summed E-state index contributed by atoms with van der Waals surface area (Å²) in [7, 11) is 0. The molecule has 2 aliphatic rings. The summed E-state index contributed by atoms with van der Waals surface area (Å²) < 4.78 is 36.9. The third-order valence-electron chi connectivity index (χ3n) is 2.81. The average Bonchev–Trinajstić information content (AvgIpc) is 2.55. The Bertz CT molecular complexity index is 359. The number of carbonyl (C=O) groups excluding carboxylic acids is 1. The number of aliphatic imine (C=N–C) groups is 1. The van der Waals surface area contributed by atoms with Crippen molar-refractivity contribution >= 4 is 22.8 Å². The highest BCUT2D eigenvalue weighted by atomic mass is 32.2. The molecule has 1 amide bonds. The van der Waals surface area contributed by atoms with Crippen LogP contribution < -0.4 is 0 Å². The van der Waals surface area contributed by atoms with Crippen LogP contribution in [-0.4, -0.2) is 65.5 Å². The number of rotatable bonds is 1. The number of amides is 1. The van der Waals surface area contributed by atoms with Gasteiger partial charge in [0.2, 0.25) is 0 Å². The topological polar surface area (TPSA) is 35.9 Å². The Kier molecular flexibility index (Phi) is 4.16. The fraction of sp³-hybridized carbons (Fsp3) is 0.800. The van der Waals surface area contributed by atoms with Crippen molar-refractivity contribution in [2.45, 2.75) is 12.6 Å². The van der Waals surface area contributed by atoms with E-state index in [1.165, 1.54) is 16.7 Å². The molecule has 0 bridgehead atoms. The Morgan fingerprint density at radius 1 is 1.22 bits per heavy atom. The second-order valence-electron chi connectivity index (χ2n) is 4.31. The summed E-state index contributed by atoms with van der Waals surface area (Å²) in [5, 5.41) is 0.661. The van der Waals surface area contributed by atoms with Crippen LogP contribution >= 0.6 is 11.8 Å². The van der Waals surface area contributed by atoms with Crippen molar-refractivity contribution in [2.75, 3.05) is 38.5 Å². The average molecular weight is 281 g/mol. The van der Waals surface area contributed by atoms with Crippen LogP contribution in [0.5, 0.6) is 0 Å². The van der Waals surface area contributed by atoms with Gasteiger partial charge in [0.25, 0.3) is 5.91 Å². The van der Waals surface area contributed by atoms with E-state index in [2.05, 4.69) is 4.99 Å². The predicted molar refractivity (Wildman–Crippen MR) is 63.6 cm³/mol. The highest BCUT2D eigenvalue weighted by Crippen LogP contribution is 2.20. The zero-order chi connectivity index (χ0) is 13.2. The van der Waals surface area contributed by atoms with Gasteiger partial charge in [-0.2, -0.15) is 18.2 Å². The van der Waals surface area contributed by atoms with Crippen LogP contribution in [0.3, 0.4) is 0 Å². The Morgan fingerprint density at radius 2 is 2.00 bits per heavy atom. The maximum atomic E-state index is 12.3. The standard InChI is InChI=1S/C10H14F3N3OS/c11-10(12,13)7-15-2-1-3-16(5-4-15)9-14-8(17)6-18-9/h1-7H2. The monoisotopic (exact) mass is 281 g/mol. The van der Waals surface area contributed by atoms with Crippen LogP contribution in [0.1, 0.15) is 6.42 Å². The summed E-state index contributed by atoms with van der Waals surface area (Å²) in [4.78, 5) is 18.2. The van der Waals surface area contributed by atoms with E-state index in [-0.39, 0.29) is 5.91 Å². The van der Waals surface area contributed by atoms with Crippen LogP contribution in [0.15, 0.2) is 4.99 Å². The minimum atomic E-state index is -4.15. The van der Waals surface area contributed by atoms with E-state index in [4.69, 9.17) is 0 Å². The molecule has 0 N–H and O–H groups in total. The smallest absolute Gasteiger partial charge is 0.350 e. The van der Waals surface area contributed by atoms with Crippen molar-refractivity contribution in [3.63, 3.8) is 0 Å². The SMILES string of the molecule is O=C1CSC(N2CCCN(CC(F)(F)F)CC2)=N1. The van der Waals surface area contributed by atoms with E-state index in [1.807, 2.05) is 4.90 Å². The molecule has 8 heteroatoms. The third kappa shape index (κ3) is 3.88. The molecule has 0 aromatic carbocycles. The van der Waals surface area contributed by atoms with Crippen molar-refractivity contribution in [2.24, 2.45) is 4.99 Å². The number of carbonyl (C=O) groups is 1. The fourth-order valence-electron chi connectivity index (χ4n) is 2.03. The summed E-state index contributed by atoms with van der Waals surface area (Å²) in [6.07, 6.45) is -3.49. The molecule has 18 heavy (non-hydrogen) atoms. The first-order valence-corrected chi connectivity index (χ1v) is 6.71. The molecule has 0 unspecified atom stereocenters. The Balaban J connectivity index is 1.89. The molecule has 0 saturated carbocycles. The molecule has 102 valence electrons. The lowest BCUT2D eigenvalue weighted by molar-refractivity contribution is -0.145. The molecule has 4 nitrogen and oxygen atoms in total. The minimum absolute atomic E-state index is 0.161. The molecular formula is C10H14F3N3OS. The van der Waals surface area contributed by atoms with Gasteiger partial charge in [-0.3, -0.25) is 9.69 Å². The summed E-state index contributed by atoms with van der Waals surface area (Å²) in [6.45, 7) is 1.08. The zero-order valence-electron chi connectivity index (χ0n) is 9.74. The van der Waals surface area contributed by atoms with Crippen molar-refractivity contribution in [1.82, 2.24) is 9.80 Å². The highest BCUT2D eigenvalue weighted by molar-refractivity contribution is 8.14. The molecule has 2 rings (SSSR count). The minimum Gasteiger partial charge on any atom is -0.350 e. The highest BCUT2D eigenvalue weighted by Gasteiger charge is 2.32.